The minimum Gasteiger partial charge on any atom is -0.370 e. The Hall–Kier alpha value is -1.40. The molecule has 1 aromatic rings. The van der Waals surface area contributed by atoms with Gasteiger partial charge in [-0.05, 0) is 12.5 Å². The Morgan fingerprint density at radius 2 is 2.31 bits per heavy atom. The zero-order valence-electron chi connectivity index (χ0n) is 9.07. The molecule has 1 heterocycles. The first-order valence-corrected chi connectivity index (χ1v) is 6.34. The lowest BCUT2D eigenvalue weighted by atomic mass is 10.2. The summed E-state index contributed by atoms with van der Waals surface area (Å²) in [5.41, 5.74) is 1.17. The highest BCUT2D eigenvalue weighted by Crippen LogP contribution is 2.22. The first-order valence-electron chi connectivity index (χ1n) is 5.36. The van der Waals surface area contributed by atoms with Crippen molar-refractivity contribution in [2.45, 2.75) is 11.3 Å². The van der Waals surface area contributed by atoms with Crippen LogP contribution in [0.1, 0.15) is 12.0 Å². The maximum absolute atomic E-state index is 5.29. The fourth-order valence-corrected chi connectivity index (χ4v) is 2.35. The van der Waals surface area contributed by atoms with E-state index in [4.69, 9.17) is 6.42 Å². The van der Waals surface area contributed by atoms with E-state index in [1.54, 1.807) is 11.8 Å². The number of aliphatic imine (C=N–C) groups is 1. The fourth-order valence-electron chi connectivity index (χ4n) is 1.62. The Morgan fingerprint density at radius 3 is 3.06 bits per heavy atom. The topological polar surface area (TPSA) is 24.4 Å². The molecule has 16 heavy (non-hydrogen) atoms. The second kappa shape index (κ2) is 5.62. The highest BCUT2D eigenvalue weighted by molar-refractivity contribution is 7.99. The lowest BCUT2D eigenvalue weighted by Gasteiger charge is -2.16. The SMILES string of the molecule is C#CCSc1ccccc1C1=NCCCN1. The molecule has 1 N–H and O–H groups in total. The summed E-state index contributed by atoms with van der Waals surface area (Å²) in [6, 6.07) is 8.26. The maximum atomic E-state index is 5.29. The molecule has 0 amide bonds. The Labute approximate surface area is 101 Å². The van der Waals surface area contributed by atoms with Gasteiger partial charge in [-0.25, -0.2) is 0 Å². The predicted molar refractivity (Wildman–Crippen MR) is 70.0 cm³/mol. The largest absolute Gasteiger partial charge is 0.370 e. The number of hydrogen-bond acceptors (Lipinski definition) is 3. The Bertz CT molecular complexity index is 432. The molecule has 3 heteroatoms. The molecule has 82 valence electrons. The third-order valence-electron chi connectivity index (χ3n) is 2.35. The van der Waals surface area contributed by atoms with Crippen molar-refractivity contribution < 1.29 is 0 Å². The number of hydrogen-bond donors (Lipinski definition) is 1. The highest BCUT2D eigenvalue weighted by Gasteiger charge is 2.10. The van der Waals surface area contributed by atoms with Gasteiger partial charge in [-0.2, -0.15) is 0 Å². The van der Waals surface area contributed by atoms with Gasteiger partial charge < -0.3 is 5.32 Å². The molecular weight excluding hydrogens is 216 g/mol. The van der Waals surface area contributed by atoms with E-state index in [0.29, 0.717) is 5.75 Å². The quantitative estimate of drug-likeness (QED) is 0.635. The minimum atomic E-state index is 0.699. The molecule has 0 fully saturated rings. The Balaban J connectivity index is 2.25. The van der Waals surface area contributed by atoms with Gasteiger partial charge in [0.05, 0.1) is 5.75 Å². The summed E-state index contributed by atoms with van der Waals surface area (Å²) in [5, 5.41) is 3.34. The van der Waals surface area contributed by atoms with Crippen molar-refractivity contribution in [3.8, 4) is 12.3 Å². The number of benzene rings is 1. The van der Waals surface area contributed by atoms with Gasteiger partial charge in [-0.3, -0.25) is 4.99 Å². The zero-order valence-corrected chi connectivity index (χ0v) is 9.89. The molecule has 2 rings (SSSR count). The van der Waals surface area contributed by atoms with Crippen LogP contribution in [0.4, 0.5) is 0 Å². The summed E-state index contributed by atoms with van der Waals surface area (Å²) in [4.78, 5) is 5.71. The Kier molecular flexibility index (Phi) is 3.90. The summed E-state index contributed by atoms with van der Waals surface area (Å²) in [7, 11) is 0. The lowest BCUT2D eigenvalue weighted by Crippen LogP contribution is -2.30. The van der Waals surface area contributed by atoms with E-state index in [0.717, 1.165) is 25.3 Å². The van der Waals surface area contributed by atoms with Crippen molar-refractivity contribution >= 4 is 17.6 Å². The summed E-state index contributed by atoms with van der Waals surface area (Å²) in [6.07, 6.45) is 6.40. The van der Waals surface area contributed by atoms with Gasteiger partial charge in [-0.15, -0.1) is 18.2 Å². The summed E-state index contributed by atoms with van der Waals surface area (Å²) >= 11 is 1.68. The molecule has 0 aromatic heterocycles. The van der Waals surface area contributed by atoms with Gasteiger partial charge in [0.15, 0.2) is 0 Å². The predicted octanol–water partition coefficient (Wildman–Crippen LogP) is 2.15. The molecule has 0 unspecified atom stereocenters. The Morgan fingerprint density at radius 1 is 1.44 bits per heavy atom. The van der Waals surface area contributed by atoms with Gasteiger partial charge in [0, 0.05) is 23.5 Å². The first-order chi connectivity index (χ1) is 7.92. The average Bonchev–Trinajstić information content (AvgIpc) is 2.38. The van der Waals surface area contributed by atoms with Crippen LogP contribution in [-0.4, -0.2) is 24.7 Å². The van der Waals surface area contributed by atoms with Crippen LogP contribution in [0.15, 0.2) is 34.2 Å². The van der Waals surface area contributed by atoms with E-state index in [9.17, 15) is 0 Å². The van der Waals surface area contributed by atoms with Crippen molar-refractivity contribution in [3.05, 3.63) is 29.8 Å². The number of amidine groups is 1. The standard InChI is InChI=1S/C13H14N2S/c1-2-10-16-12-7-4-3-6-11(12)13-14-8-5-9-15-13/h1,3-4,6-7H,5,8-10H2,(H,14,15). The number of rotatable bonds is 3. The van der Waals surface area contributed by atoms with Crippen LogP contribution < -0.4 is 5.32 Å². The molecule has 0 saturated heterocycles. The van der Waals surface area contributed by atoms with Crippen LogP contribution >= 0.6 is 11.8 Å². The van der Waals surface area contributed by atoms with Crippen LogP contribution in [0.25, 0.3) is 0 Å². The van der Waals surface area contributed by atoms with Crippen LogP contribution in [0.3, 0.4) is 0 Å². The smallest absolute Gasteiger partial charge is 0.129 e. The van der Waals surface area contributed by atoms with Crippen molar-refractivity contribution in [2.24, 2.45) is 4.99 Å². The average molecular weight is 230 g/mol. The molecule has 0 atom stereocenters. The third kappa shape index (κ3) is 2.59. The molecule has 0 aliphatic carbocycles. The molecular formula is C13H14N2S. The van der Waals surface area contributed by atoms with Gasteiger partial charge in [0.2, 0.25) is 0 Å². The molecule has 2 nitrogen and oxygen atoms in total. The van der Waals surface area contributed by atoms with Crippen LogP contribution in [0.5, 0.6) is 0 Å². The van der Waals surface area contributed by atoms with Crippen molar-refractivity contribution in [2.75, 3.05) is 18.8 Å². The second-order valence-electron chi connectivity index (χ2n) is 3.50. The minimum absolute atomic E-state index is 0.699. The number of nitrogens with zero attached hydrogens (tertiary/aromatic N) is 1. The first kappa shape index (κ1) is 11.1. The van der Waals surface area contributed by atoms with Gasteiger partial charge in [0.25, 0.3) is 0 Å². The van der Waals surface area contributed by atoms with Crippen molar-refractivity contribution in [1.29, 1.82) is 0 Å². The van der Waals surface area contributed by atoms with Gasteiger partial charge in [0.1, 0.15) is 5.84 Å². The van der Waals surface area contributed by atoms with E-state index in [1.165, 1.54) is 10.5 Å². The lowest BCUT2D eigenvalue weighted by molar-refractivity contribution is 0.741. The molecule has 0 bridgehead atoms. The van der Waals surface area contributed by atoms with Gasteiger partial charge >= 0.3 is 0 Å². The van der Waals surface area contributed by atoms with Crippen LogP contribution in [0.2, 0.25) is 0 Å². The second-order valence-corrected chi connectivity index (χ2v) is 4.52. The zero-order chi connectivity index (χ0) is 11.2. The molecule has 1 aliphatic rings. The van der Waals surface area contributed by atoms with E-state index < -0.39 is 0 Å². The third-order valence-corrected chi connectivity index (χ3v) is 3.33. The number of terminal acetylenes is 1. The fraction of sp³-hybridized carbons (Fsp3) is 0.308. The monoisotopic (exact) mass is 230 g/mol. The summed E-state index contributed by atoms with van der Waals surface area (Å²) in [5.74, 6) is 4.35. The highest BCUT2D eigenvalue weighted by atomic mass is 32.2. The molecule has 0 radical (unpaired) electrons. The van der Waals surface area contributed by atoms with Crippen LogP contribution in [0, 0.1) is 12.3 Å². The number of nitrogens with one attached hydrogen (secondary N) is 1. The molecule has 0 spiro atoms. The van der Waals surface area contributed by atoms with Crippen LogP contribution in [-0.2, 0) is 0 Å². The summed E-state index contributed by atoms with van der Waals surface area (Å²) < 4.78 is 0. The molecule has 1 aromatic carbocycles. The van der Waals surface area contributed by atoms with E-state index in [1.807, 2.05) is 12.1 Å². The van der Waals surface area contributed by atoms with E-state index >= 15 is 0 Å². The van der Waals surface area contributed by atoms with E-state index in [-0.39, 0.29) is 0 Å². The normalized spacial score (nSPS) is 14.8. The van der Waals surface area contributed by atoms with Crippen molar-refractivity contribution in [3.63, 3.8) is 0 Å². The molecule has 0 saturated carbocycles. The maximum Gasteiger partial charge on any atom is 0.129 e. The van der Waals surface area contributed by atoms with E-state index in [2.05, 4.69) is 28.4 Å². The van der Waals surface area contributed by atoms with Gasteiger partial charge in [-0.1, -0.05) is 24.1 Å². The summed E-state index contributed by atoms with van der Waals surface area (Å²) in [6.45, 7) is 1.92. The number of thioether (sulfide) groups is 1. The van der Waals surface area contributed by atoms with Crippen molar-refractivity contribution in [1.82, 2.24) is 5.32 Å². The molecule has 1 aliphatic heterocycles.